The summed E-state index contributed by atoms with van der Waals surface area (Å²) < 4.78 is 0. The lowest BCUT2D eigenvalue weighted by atomic mass is 9.77. The molecule has 1 unspecified atom stereocenters. The number of hydrogen-bond acceptors (Lipinski definition) is 2. The SMILES string of the molecule is CNCC1CCN(C(=O)C2(c3cccc(C)c3)CCCC2)C1. The molecular weight excluding hydrogens is 272 g/mol. The standard InChI is InChI=1S/C19H28N2O/c1-15-6-5-7-17(12-15)19(9-3-4-10-19)18(22)21-11-8-16(14-21)13-20-2/h5-7,12,16,20H,3-4,8-11,13-14H2,1-2H3. The fourth-order valence-corrected chi connectivity index (χ4v) is 4.32. The fraction of sp³-hybridized carbons (Fsp3) is 0.632. The van der Waals surface area contributed by atoms with E-state index in [9.17, 15) is 4.79 Å². The summed E-state index contributed by atoms with van der Waals surface area (Å²) in [5.74, 6) is 0.999. The van der Waals surface area contributed by atoms with Crippen LogP contribution in [0.15, 0.2) is 24.3 Å². The minimum absolute atomic E-state index is 0.249. The van der Waals surface area contributed by atoms with Gasteiger partial charge in [0.15, 0.2) is 0 Å². The predicted octanol–water partition coefficient (Wildman–Crippen LogP) is 2.87. The van der Waals surface area contributed by atoms with Crippen molar-refractivity contribution in [3.63, 3.8) is 0 Å². The van der Waals surface area contributed by atoms with Crippen molar-refractivity contribution in [1.82, 2.24) is 10.2 Å². The molecule has 1 N–H and O–H groups in total. The maximum atomic E-state index is 13.3. The largest absolute Gasteiger partial charge is 0.342 e. The molecule has 1 heterocycles. The highest BCUT2D eigenvalue weighted by Crippen LogP contribution is 2.43. The van der Waals surface area contributed by atoms with Gasteiger partial charge >= 0.3 is 0 Å². The molecule has 1 aliphatic heterocycles. The molecule has 1 saturated carbocycles. The predicted molar refractivity (Wildman–Crippen MR) is 89.9 cm³/mol. The van der Waals surface area contributed by atoms with E-state index in [0.29, 0.717) is 11.8 Å². The lowest BCUT2D eigenvalue weighted by Crippen LogP contribution is -2.44. The number of aryl methyl sites for hydroxylation is 1. The number of nitrogens with one attached hydrogen (secondary N) is 1. The quantitative estimate of drug-likeness (QED) is 0.927. The molecule has 3 nitrogen and oxygen atoms in total. The van der Waals surface area contributed by atoms with E-state index in [-0.39, 0.29) is 5.41 Å². The van der Waals surface area contributed by atoms with Crippen molar-refractivity contribution < 1.29 is 4.79 Å². The second-order valence-corrected chi connectivity index (χ2v) is 7.12. The van der Waals surface area contributed by atoms with Crippen molar-refractivity contribution in [2.75, 3.05) is 26.7 Å². The number of nitrogens with zero attached hydrogens (tertiary/aromatic N) is 1. The van der Waals surface area contributed by atoms with Crippen LogP contribution in [0, 0.1) is 12.8 Å². The molecule has 3 heteroatoms. The second kappa shape index (κ2) is 6.41. The first-order valence-electron chi connectivity index (χ1n) is 8.67. The Bertz CT molecular complexity index is 534. The first kappa shape index (κ1) is 15.5. The summed E-state index contributed by atoms with van der Waals surface area (Å²) in [6, 6.07) is 8.61. The summed E-state index contributed by atoms with van der Waals surface area (Å²) >= 11 is 0. The second-order valence-electron chi connectivity index (χ2n) is 7.12. The zero-order chi connectivity index (χ0) is 15.6. The summed E-state index contributed by atoms with van der Waals surface area (Å²) in [4.78, 5) is 15.5. The van der Waals surface area contributed by atoms with E-state index in [1.807, 2.05) is 7.05 Å². The summed E-state index contributed by atoms with van der Waals surface area (Å²) in [6.07, 6.45) is 5.52. The zero-order valence-corrected chi connectivity index (χ0v) is 13.9. The maximum Gasteiger partial charge on any atom is 0.233 e. The van der Waals surface area contributed by atoms with Gasteiger partial charge in [0, 0.05) is 13.1 Å². The Morgan fingerprint density at radius 2 is 2.14 bits per heavy atom. The molecule has 0 radical (unpaired) electrons. The summed E-state index contributed by atoms with van der Waals surface area (Å²) in [5, 5.41) is 3.25. The average molecular weight is 300 g/mol. The number of benzene rings is 1. The molecule has 120 valence electrons. The van der Waals surface area contributed by atoms with Gasteiger partial charge < -0.3 is 10.2 Å². The first-order valence-corrected chi connectivity index (χ1v) is 8.67. The number of likely N-dealkylation sites (tertiary alicyclic amines) is 1. The lowest BCUT2D eigenvalue weighted by Gasteiger charge is -2.33. The van der Waals surface area contributed by atoms with E-state index >= 15 is 0 Å². The monoisotopic (exact) mass is 300 g/mol. The fourth-order valence-electron chi connectivity index (χ4n) is 4.32. The normalized spacial score (nSPS) is 23.9. The maximum absolute atomic E-state index is 13.3. The molecule has 3 rings (SSSR count). The van der Waals surface area contributed by atoms with E-state index in [2.05, 4.69) is 41.4 Å². The van der Waals surface area contributed by atoms with Crippen LogP contribution in [0.3, 0.4) is 0 Å². The van der Waals surface area contributed by atoms with Gasteiger partial charge in [-0.3, -0.25) is 4.79 Å². The minimum Gasteiger partial charge on any atom is -0.342 e. The van der Waals surface area contributed by atoms with Crippen LogP contribution in [0.25, 0.3) is 0 Å². The molecule has 1 aromatic rings. The Hall–Kier alpha value is -1.35. The van der Waals surface area contributed by atoms with Gasteiger partial charge in [0.1, 0.15) is 0 Å². The molecule has 1 aromatic carbocycles. The zero-order valence-electron chi connectivity index (χ0n) is 13.9. The van der Waals surface area contributed by atoms with Gasteiger partial charge in [-0.05, 0) is 51.3 Å². The van der Waals surface area contributed by atoms with Crippen LogP contribution < -0.4 is 5.32 Å². The number of hydrogen-bond donors (Lipinski definition) is 1. The third kappa shape index (κ3) is 2.79. The highest BCUT2D eigenvalue weighted by Gasteiger charge is 2.46. The number of amides is 1. The van der Waals surface area contributed by atoms with Gasteiger partial charge in [0.2, 0.25) is 5.91 Å². The minimum atomic E-state index is -0.249. The molecule has 0 bridgehead atoms. The summed E-state index contributed by atoms with van der Waals surface area (Å²) in [7, 11) is 2.00. The molecule has 1 amide bonds. The van der Waals surface area contributed by atoms with Gasteiger partial charge in [-0.15, -0.1) is 0 Å². The third-order valence-electron chi connectivity index (χ3n) is 5.50. The van der Waals surface area contributed by atoms with Crippen LogP contribution in [-0.2, 0) is 10.2 Å². The van der Waals surface area contributed by atoms with Crippen LogP contribution >= 0.6 is 0 Å². The van der Waals surface area contributed by atoms with E-state index in [0.717, 1.165) is 38.9 Å². The highest BCUT2D eigenvalue weighted by atomic mass is 16.2. The molecule has 1 aliphatic carbocycles. The third-order valence-corrected chi connectivity index (χ3v) is 5.50. The first-order chi connectivity index (χ1) is 10.7. The van der Waals surface area contributed by atoms with Gasteiger partial charge in [0.05, 0.1) is 5.41 Å². The molecule has 22 heavy (non-hydrogen) atoms. The highest BCUT2D eigenvalue weighted by molar-refractivity contribution is 5.89. The van der Waals surface area contributed by atoms with Crippen molar-refractivity contribution in [2.24, 2.45) is 5.92 Å². The van der Waals surface area contributed by atoms with E-state index in [1.165, 1.54) is 24.0 Å². The Labute approximate surface area is 134 Å². The van der Waals surface area contributed by atoms with Crippen LogP contribution in [0.4, 0.5) is 0 Å². The van der Waals surface area contributed by atoms with Crippen molar-refractivity contribution in [3.8, 4) is 0 Å². The molecule has 1 saturated heterocycles. The van der Waals surface area contributed by atoms with E-state index in [4.69, 9.17) is 0 Å². The van der Waals surface area contributed by atoms with Crippen LogP contribution in [0.5, 0.6) is 0 Å². The van der Waals surface area contributed by atoms with Gasteiger partial charge in [-0.1, -0.05) is 42.7 Å². The molecule has 0 aromatic heterocycles. The summed E-state index contributed by atoms with van der Waals surface area (Å²) in [6.45, 7) is 4.99. The Morgan fingerprint density at radius 3 is 2.82 bits per heavy atom. The molecule has 1 atom stereocenters. The smallest absolute Gasteiger partial charge is 0.233 e. The van der Waals surface area contributed by atoms with Crippen molar-refractivity contribution >= 4 is 5.91 Å². The Kier molecular flexibility index (Phi) is 4.53. The number of carbonyl (C=O) groups excluding carboxylic acids is 1. The number of carbonyl (C=O) groups is 1. The topological polar surface area (TPSA) is 32.3 Å². The molecule has 2 aliphatic rings. The average Bonchev–Trinajstić information content (AvgIpc) is 3.17. The van der Waals surface area contributed by atoms with Gasteiger partial charge in [-0.25, -0.2) is 0 Å². The summed E-state index contributed by atoms with van der Waals surface area (Å²) in [5.41, 5.74) is 2.25. The lowest BCUT2D eigenvalue weighted by molar-refractivity contribution is -0.136. The van der Waals surface area contributed by atoms with Gasteiger partial charge in [0.25, 0.3) is 0 Å². The molecule has 0 spiro atoms. The van der Waals surface area contributed by atoms with Crippen molar-refractivity contribution in [1.29, 1.82) is 0 Å². The van der Waals surface area contributed by atoms with Crippen LogP contribution in [0.2, 0.25) is 0 Å². The molecule has 2 fully saturated rings. The van der Waals surface area contributed by atoms with E-state index in [1.54, 1.807) is 0 Å². The molecular formula is C19H28N2O. The van der Waals surface area contributed by atoms with Crippen molar-refractivity contribution in [3.05, 3.63) is 35.4 Å². The van der Waals surface area contributed by atoms with Crippen LogP contribution in [-0.4, -0.2) is 37.5 Å². The number of rotatable bonds is 4. The van der Waals surface area contributed by atoms with Gasteiger partial charge in [-0.2, -0.15) is 0 Å². The van der Waals surface area contributed by atoms with Crippen molar-refractivity contribution in [2.45, 2.75) is 44.4 Å². The Morgan fingerprint density at radius 1 is 1.36 bits per heavy atom. The van der Waals surface area contributed by atoms with Crippen LogP contribution in [0.1, 0.15) is 43.2 Å². The van der Waals surface area contributed by atoms with E-state index < -0.39 is 0 Å². The Balaban J connectivity index is 1.84.